The van der Waals surface area contributed by atoms with Gasteiger partial charge in [-0.05, 0) is 11.2 Å². The van der Waals surface area contributed by atoms with Crippen LogP contribution < -0.4 is 0 Å². The second-order valence-electron chi connectivity index (χ2n) is 1.84. The lowest BCUT2D eigenvalue weighted by Gasteiger charge is -2.10. The van der Waals surface area contributed by atoms with E-state index in [1.165, 1.54) is 0 Å². The van der Waals surface area contributed by atoms with Crippen molar-refractivity contribution in [2.24, 2.45) is 0 Å². The predicted octanol–water partition coefficient (Wildman–Crippen LogP) is -1.34. The molecule has 2 atom stereocenters. The molecule has 0 N–H and O–H groups in total. The second kappa shape index (κ2) is 3.46. The standard InChI is InChI=1S/C4H9BO3S/c5-8-3-4-7-1-2-9(4)6/h4H,1-3,5H2/t4-,9?/m1/s1. The second-order valence-corrected chi connectivity index (χ2v) is 3.54. The third kappa shape index (κ3) is 1.86. The van der Waals surface area contributed by atoms with E-state index in [1.807, 2.05) is 0 Å². The van der Waals surface area contributed by atoms with Crippen molar-refractivity contribution in [3.8, 4) is 0 Å². The van der Waals surface area contributed by atoms with E-state index in [4.69, 9.17) is 9.39 Å². The summed E-state index contributed by atoms with van der Waals surface area (Å²) in [5, 5.41) is 0. The van der Waals surface area contributed by atoms with Crippen molar-refractivity contribution in [3.63, 3.8) is 0 Å². The van der Waals surface area contributed by atoms with Crippen LogP contribution in [0.15, 0.2) is 0 Å². The number of rotatable bonds is 2. The predicted molar refractivity (Wildman–Crippen MR) is 37.2 cm³/mol. The van der Waals surface area contributed by atoms with Gasteiger partial charge in [-0.3, -0.25) is 0 Å². The lowest BCUT2D eigenvalue weighted by atomic mass is 10.6. The maximum Gasteiger partial charge on any atom is 0.257 e. The molecule has 1 aliphatic rings. The Morgan fingerprint density at radius 3 is 3.11 bits per heavy atom. The van der Waals surface area contributed by atoms with Crippen molar-refractivity contribution in [3.05, 3.63) is 0 Å². The fourth-order valence-electron chi connectivity index (χ4n) is 0.729. The lowest BCUT2D eigenvalue weighted by Crippen LogP contribution is -2.22. The Bertz CT molecular complexity index is 91.9. The number of hydrogen-bond acceptors (Lipinski definition) is 3. The van der Waals surface area contributed by atoms with E-state index in [1.54, 1.807) is 8.05 Å². The highest BCUT2D eigenvalue weighted by molar-refractivity contribution is 7.92. The highest BCUT2D eigenvalue weighted by atomic mass is 32.2. The molecule has 0 aromatic carbocycles. The van der Waals surface area contributed by atoms with E-state index in [2.05, 4.69) is 0 Å². The first-order valence-electron chi connectivity index (χ1n) is 2.82. The molecule has 5 heteroatoms. The smallest absolute Gasteiger partial charge is 0.257 e. The monoisotopic (exact) mass is 148 g/mol. The highest BCUT2D eigenvalue weighted by Gasteiger charge is 2.28. The van der Waals surface area contributed by atoms with Crippen LogP contribution in [0.3, 0.4) is 0 Å². The average molecular weight is 148 g/mol. The van der Waals surface area contributed by atoms with Gasteiger partial charge < -0.3 is 13.9 Å². The van der Waals surface area contributed by atoms with Crippen LogP contribution in [0.1, 0.15) is 0 Å². The van der Waals surface area contributed by atoms with Crippen molar-refractivity contribution in [1.82, 2.24) is 0 Å². The molecule has 0 aromatic rings. The molecule has 52 valence electrons. The molecule has 1 heterocycles. The maximum atomic E-state index is 10.9. The normalized spacial score (nSPS) is 35.2. The van der Waals surface area contributed by atoms with Gasteiger partial charge in [0.05, 0.1) is 6.61 Å². The summed E-state index contributed by atoms with van der Waals surface area (Å²) in [6.45, 7) is 1.06. The Morgan fingerprint density at radius 1 is 1.89 bits per heavy atom. The summed E-state index contributed by atoms with van der Waals surface area (Å²) in [5.74, 6) is 0.661. The van der Waals surface area contributed by atoms with Gasteiger partial charge in [0.25, 0.3) is 8.05 Å². The third-order valence-electron chi connectivity index (χ3n) is 1.18. The molecule has 9 heavy (non-hydrogen) atoms. The molecule has 0 aliphatic carbocycles. The number of hydrogen-bond donors (Lipinski definition) is 0. The molecule has 1 unspecified atom stereocenters. The molecule has 0 bridgehead atoms. The molecule has 1 saturated heterocycles. The van der Waals surface area contributed by atoms with Crippen LogP contribution in [0.25, 0.3) is 0 Å². The van der Waals surface area contributed by atoms with Crippen LogP contribution >= 0.6 is 0 Å². The van der Waals surface area contributed by atoms with Gasteiger partial charge in [0.2, 0.25) is 5.44 Å². The van der Waals surface area contributed by atoms with Crippen LogP contribution in [0.5, 0.6) is 0 Å². The SMILES string of the molecule is BOC[C@@H]1OCC[S+]1[O-]. The Balaban J connectivity index is 2.22. The zero-order valence-electron chi connectivity index (χ0n) is 5.33. The summed E-state index contributed by atoms with van der Waals surface area (Å²) in [5.41, 5.74) is -0.171. The molecule has 1 rings (SSSR count). The van der Waals surface area contributed by atoms with Crippen LogP contribution in [0.4, 0.5) is 0 Å². The molecule has 0 amide bonds. The Kier molecular flexibility index (Phi) is 2.85. The molecule has 0 radical (unpaired) electrons. The zero-order valence-corrected chi connectivity index (χ0v) is 6.15. The first-order valence-corrected chi connectivity index (χ1v) is 4.20. The van der Waals surface area contributed by atoms with Gasteiger partial charge in [0.1, 0.15) is 12.4 Å². The van der Waals surface area contributed by atoms with Crippen LogP contribution in [-0.4, -0.2) is 37.0 Å². The summed E-state index contributed by atoms with van der Waals surface area (Å²) in [6, 6.07) is 0. The largest absolute Gasteiger partial charge is 0.614 e. The topological polar surface area (TPSA) is 41.5 Å². The van der Waals surface area contributed by atoms with Crippen LogP contribution in [0.2, 0.25) is 0 Å². The van der Waals surface area contributed by atoms with Crippen molar-refractivity contribution in [2.45, 2.75) is 5.44 Å². The first kappa shape index (κ1) is 7.40. The summed E-state index contributed by atoms with van der Waals surface area (Å²) in [7, 11) is 1.58. The summed E-state index contributed by atoms with van der Waals surface area (Å²) in [6.07, 6.45) is 0. The molecule has 0 aromatic heterocycles. The average Bonchev–Trinajstić information content (AvgIpc) is 2.18. The summed E-state index contributed by atoms with van der Waals surface area (Å²) >= 11 is -0.808. The van der Waals surface area contributed by atoms with Crippen molar-refractivity contribution in [2.75, 3.05) is 19.0 Å². The van der Waals surface area contributed by atoms with Crippen molar-refractivity contribution in [1.29, 1.82) is 0 Å². The van der Waals surface area contributed by atoms with Gasteiger partial charge in [-0.1, -0.05) is 0 Å². The van der Waals surface area contributed by atoms with Gasteiger partial charge in [0.15, 0.2) is 0 Å². The zero-order chi connectivity index (χ0) is 6.69. The van der Waals surface area contributed by atoms with Gasteiger partial charge in [-0.15, -0.1) is 0 Å². The minimum absolute atomic E-state index is 0.171. The lowest BCUT2D eigenvalue weighted by molar-refractivity contribution is 0.101. The van der Waals surface area contributed by atoms with Crippen molar-refractivity contribution < 1.29 is 13.9 Å². The minimum Gasteiger partial charge on any atom is -0.614 e. The molecule has 0 saturated carbocycles. The minimum atomic E-state index is -0.808. The Labute approximate surface area is 58.3 Å². The highest BCUT2D eigenvalue weighted by Crippen LogP contribution is 2.11. The molecule has 3 nitrogen and oxygen atoms in total. The molecule has 1 aliphatic heterocycles. The molecule has 0 spiro atoms. The quantitative estimate of drug-likeness (QED) is 0.359. The molecular weight excluding hydrogens is 139 g/mol. The van der Waals surface area contributed by atoms with Crippen LogP contribution in [0, 0.1) is 0 Å². The maximum absolute atomic E-state index is 10.9. The van der Waals surface area contributed by atoms with E-state index < -0.39 is 11.2 Å². The van der Waals surface area contributed by atoms with Gasteiger partial charge in [-0.2, -0.15) is 0 Å². The van der Waals surface area contributed by atoms with E-state index >= 15 is 0 Å². The summed E-state index contributed by atoms with van der Waals surface area (Å²) < 4.78 is 20.7. The first-order chi connectivity index (χ1) is 4.34. The fraction of sp³-hybridized carbons (Fsp3) is 1.00. The van der Waals surface area contributed by atoms with Gasteiger partial charge >= 0.3 is 0 Å². The van der Waals surface area contributed by atoms with Gasteiger partial charge in [0, 0.05) is 0 Å². The van der Waals surface area contributed by atoms with E-state index in [9.17, 15) is 4.55 Å². The van der Waals surface area contributed by atoms with Gasteiger partial charge in [-0.25, -0.2) is 0 Å². The summed E-state index contributed by atoms with van der Waals surface area (Å²) in [4.78, 5) is 0. The fourth-order valence-corrected chi connectivity index (χ4v) is 1.79. The molecular formula is C4H9BO3S. The van der Waals surface area contributed by atoms with E-state index in [0.29, 0.717) is 19.0 Å². The van der Waals surface area contributed by atoms with E-state index in [-0.39, 0.29) is 5.44 Å². The Morgan fingerprint density at radius 2 is 2.67 bits per heavy atom. The Hall–Kier alpha value is 0.295. The van der Waals surface area contributed by atoms with Crippen molar-refractivity contribution >= 4 is 19.2 Å². The number of ether oxygens (including phenoxy) is 1. The van der Waals surface area contributed by atoms with Crippen LogP contribution in [-0.2, 0) is 20.6 Å². The van der Waals surface area contributed by atoms with E-state index in [0.717, 1.165) is 0 Å². The third-order valence-corrected chi connectivity index (χ3v) is 2.61. The molecule has 1 fully saturated rings.